The fraction of sp³-hybridized carbons (Fsp3) is 0.500. The summed E-state index contributed by atoms with van der Waals surface area (Å²) in [6.07, 6.45) is -5.11. The first kappa shape index (κ1) is 17.3. The molecule has 118 valence electrons. The summed E-state index contributed by atoms with van der Waals surface area (Å²) in [5.41, 5.74) is -3.34. The zero-order chi connectivity index (χ0) is 16.4. The largest absolute Gasteiger partial charge is 0.479 e. The van der Waals surface area contributed by atoms with Crippen LogP contribution < -0.4 is 5.32 Å². The van der Waals surface area contributed by atoms with Crippen LogP contribution in [-0.4, -0.2) is 40.8 Å². The van der Waals surface area contributed by atoms with E-state index in [0.29, 0.717) is 6.92 Å². The van der Waals surface area contributed by atoms with Crippen molar-refractivity contribution in [2.45, 2.75) is 31.6 Å². The standard InChI is InChI=1S/C12H15F3N2O3S/c1-7(8-5-4-6-21-8)17(3)10(20)16-11(2,9(18)19)12(13,14)15/h4-7H,1-3H3,(H,16,20)(H,18,19). The van der Waals surface area contributed by atoms with Crippen molar-refractivity contribution in [1.82, 2.24) is 10.2 Å². The Hall–Kier alpha value is -1.77. The van der Waals surface area contributed by atoms with Crippen LogP contribution in [0.4, 0.5) is 18.0 Å². The number of urea groups is 1. The van der Waals surface area contributed by atoms with E-state index in [9.17, 15) is 22.8 Å². The van der Waals surface area contributed by atoms with Crippen LogP contribution >= 0.6 is 11.3 Å². The molecule has 0 saturated heterocycles. The molecule has 0 saturated carbocycles. The van der Waals surface area contributed by atoms with Gasteiger partial charge in [0.2, 0.25) is 5.54 Å². The molecule has 1 heterocycles. The second kappa shape index (κ2) is 5.92. The molecule has 1 rings (SSSR count). The van der Waals surface area contributed by atoms with E-state index in [1.807, 2.05) is 0 Å². The van der Waals surface area contributed by atoms with Gasteiger partial charge in [0, 0.05) is 11.9 Å². The number of hydrogen-bond donors (Lipinski definition) is 2. The topological polar surface area (TPSA) is 69.6 Å². The third-order valence-electron chi connectivity index (χ3n) is 3.21. The van der Waals surface area contributed by atoms with Gasteiger partial charge in [-0.15, -0.1) is 11.3 Å². The highest BCUT2D eigenvalue weighted by Crippen LogP contribution is 2.31. The molecule has 1 aromatic heterocycles. The SMILES string of the molecule is CC(c1cccs1)N(C)C(=O)NC(C)(C(=O)O)C(F)(F)F. The van der Waals surface area contributed by atoms with Crippen LogP contribution in [-0.2, 0) is 4.79 Å². The van der Waals surface area contributed by atoms with Crippen molar-refractivity contribution in [1.29, 1.82) is 0 Å². The molecular formula is C12H15F3N2O3S. The number of amides is 2. The number of carboxylic acid groups (broad SMARTS) is 1. The maximum Gasteiger partial charge on any atom is 0.422 e. The fourth-order valence-electron chi connectivity index (χ4n) is 1.44. The summed E-state index contributed by atoms with van der Waals surface area (Å²) in [6.45, 7) is 2.05. The van der Waals surface area contributed by atoms with Gasteiger partial charge in [0.25, 0.3) is 0 Å². The second-order valence-corrected chi connectivity index (χ2v) is 5.64. The van der Waals surface area contributed by atoms with Gasteiger partial charge in [-0.25, -0.2) is 9.59 Å². The molecular weight excluding hydrogens is 309 g/mol. The maximum atomic E-state index is 12.8. The first-order chi connectivity index (χ1) is 9.50. The van der Waals surface area contributed by atoms with E-state index in [4.69, 9.17) is 5.11 Å². The molecule has 0 bridgehead atoms. The van der Waals surface area contributed by atoms with Gasteiger partial charge in [-0.1, -0.05) is 6.07 Å². The van der Waals surface area contributed by atoms with Crippen LogP contribution in [0.2, 0.25) is 0 Å². The predicted molar refractivity (Wildman–Crippen MR) is 71.1 cm³/mol. The smallest absolute Gasteiger partial charge is 0.422 e. The normalized spacial score (nSPS) is 15.9. The first-order valence-corrected chi connectivity index (χ1v) is 6.77. The van der Waals surface area contributed by atoms with Gasteiger partial charge in [-0.3, -0.25) is 0 Å². The van der Waals surface area contributed by atoms with E-state index in [2.05, 4.69) is 0 Å². The van der Waals surface area contributed by atoms with Crippen LogP contribution in [0.15, 0.2) is 17.5 Å². The van der Waals surface area contributed by atoms with Crippen molar-refractivity contribution in [3.05, 3.63) is 22.4 Å². The molecule has 2 N–H and O–H groups in total. The van der Waals surface area contributed by atoms with E-state index in [1.54, 1.807) is 29.8 Å². The lowest BCUT2D eigenvalue weighted by Crippen LogP contribution is -2.63. The van der Waals surface area contributed by atoms with Gasteiger partial charge in [-0.2, -0.15) is 13.2 Å². The molecule has 2 amide bonds. The van der Waals surface area contributed by atoms with E-state index < -0.39 is 29.8 Å². The number of carbonyl (C=O) groups is 2. The van der Waals surface area contributed by atoms with Crippen molar-refractivity contribution in [2.24, 2.45) is 0 Å². The molecule has 5 nitrogen and oxygen atoms in total. The van der Waals surface area contributed by atoms with Gasteiger partial charge in [-0.05, 0) is 25.3 Å². The van der Waals surface area contributed by atoms with E-state index in [-0.39, 0.29) is 0 Å². The quantitative estimate of drug-likeness (QED) is 0.895. The lowest BCUT2D eigenvalue weighted by atomic mass is 10.0. The molecule has 0 fully saturated rings. The number of thiophene rings is 1. The summed E-state index contributed by atoms with van der Waals surface area (Å²) in [6, 6.07) is 1.90. The molecule has 0 aliphatic heterocycles. The fourth-order valence-corrected chi connectivity index (χ4v) is 2.27. The molecule has 1 aromatic rings. The molecule has 0 aliphatic rings. The highest BCUT2D eigenvalue weighted by molar-refractivity contribution is 7.10. The van der Waals surface area contributed by atoms with Gasteiger partial charge >= 0.3 is 18.2 Å². The van der Waals surface area contributed by atoms with Gasteiger partial charge in [0.05, 0.1) is 6.04 Å². The Morgan fingerprint density at radius 2 is 2.00 bits per heavy atom. The minimum Gasteiger partial charge on any atom is -0.479 e. The van der Waals surface area contributed by atoms with E-state index in [0.717, 1.165) is 9.78 Å². The monoisotopic (exact) mass is 324 g/mol. The Morgan fingerprint density at radius 3 is 2.38 bits per heavy atom. The lowest BCUT2D eigenvalue weighted by Gasteiger charge is -2.32. The van der Waals surface area contributed by atoms with Crippen molar-refractivity contribution < 1.29 is 27.9 Å². The molecule has 0 radical (unpaired) electrons. The Balaban J connectivity index is 2.91. The third-order valence-corrected chi connectivity index (χ3v) is 4.25. The summed E-state index contributed by atoms with van der Waals surface area (Å²) in [5.74, 6) is -2.17. The predicted octanol–water partition coefficient (Wildman–Crippen LogP) is 2.86. The van der Waals surface area contributed by atoms with Crippen molar-refractivity contribution >= 4 is 23.3 Å². The summed E-state index contributed by atoms with van der Waals surface area (Å²) < 4.78 is 38.5. The highest BCUT2D eigenvalue weighted by Gasteiger charge is 2.58. The summed E-state index contributed by atoms with van der Waals surface area (Å²) in [5, 5.41) is 12.1. The molecule has 2 atom stereocenters. The number of hydrogen-bond acceptors (Lipinski definition) is 3. The average molecular weight is 324 g/mol. The van der Waals surface area contributed by atoms with Crippen LogP contribution in [0.5, 0.6) is 0 Å². The highest BCUT2D eigenvalue weighted by atomic mass is 32.1. The summed E-state index contributed by atoms with van der Waals surface area (Å²) in [7, 11) is 1.30. The summed E-state index contributed by atoms with van der Waals surface area (Å²) in [4.78, 5) is 24.6. The molecule has 0 aliphatic carbocycles. The Kier molecular flexibility index (Phi) is 4.87. The Labute approximate surface area is 123 Å². The minimum absolute atomic E-state index is 0.414. The molecule has 2 unspecified atom stereocenters. The van der Waals surface area contributed by atoms with Crippen molar-refractivity contribution in [2.75, 3.05) is 7.05 Å². The average Bonchev–Trinajstić information content (AvgIpc) is 2.88. The lowest BCUT2D eigenvalue weighted by molar-refractivity contribution is -0.203. The molecule has 0 spiro atoms. The number of alkyl halides is 3. The number of nitrogens with zero attached hydrogens (tertiary/aromatic N) is 1. The molecule has 9 heteroatoms. The van der Waals surface area contributed by atoms with E-state index >= 15 is 0 Å². The second-order valence-electron chi connectivity index (χ2n) is 4.66. The van der Waals surface area contributed by atoms with Crippen LogP contribution in [0, 0.1) is 0 Å². The van der Waals surface area contributed by atoms with Crippen LogP contribution in [0.1, 0.15) is 24.8 Å². The number of halogens is 3. The summed E-state index contributed by atoms with van der Waals surface area (Å²) >= 11 is 1.35. The number of carboxylic acids is 1. The molecule has 21 heavy (non-hydrogen) atoms. The van der Waals surface area contributed by atoms with Gasteiger partial charge in [0.1, 0.15) is 0 Å². The zero-order valence-corrected chi connectivity index (χ0v) is 12.4. The number of carbonyl (C=O) groups excluding carboxylic acids is 1. The minimum atomic E-state index is -5.11. The zero-order valence-electron chi connectivity index (χ0n) is 11.6. The van der Waals surface area contributed by atoms with Crippen molar-refractivity contribution in [3.8, 4) is 0 Å². The van der Waals surface area contributed by atoms with Gasteiger partial charge in [0.15, 0.2) is 0 Å². The Morgan fingerprint density at radius 1 is 1.43 bits per heavy atom. The number of nitrogens with one attached hydrogen (secondary N) is 1. The van der Waals surface area contributed by atoms with Crippen LogP contribution in [0.3, 0.4) is 0 Å². The number of rotatable bonds is 4. The first-order valence-electron chi connectivity index (χ1n) is 5.89. The molecule has 0 aromatic carbocycles. The van der Waals surface area contributed by atoms with Crippen LogP contribution in [0.25, 0.3) is 0 Å². The number of aliphatic carboxylic acids is 1. The van der Waals surface area contributed by atoms with E-state index in [1.165, 1.54) is 18.4 Å². The third kappa shape index (κ3) is 3.46. The maximum absolute atomic E-state index is 12.8. The van der Waals surface area contributed by atoms with Gasteiger partial charge < -0.3 is 15.3 Å². The van der Waals surface area contributed by atoms with Crippen molar-refractivity contribution in [3.63, 3.8) is 0 Å². The Bertz CT molecular complexity index is 518.